The minimum atomic E-state index is -1.53. The molecule has 2 aromatic rings. The fraction of sp³-hybridized carbons (Fsp3) is 0.118. The number of benzene rings is 2. The summed E-state index contributed by atoms with van der Waals surface area (Å²) in [6.45, 7) is 0. The van der Waals surface area contributed by atoms with Crippen molar-refractivity contribution in [2.45, 2.75) is 5.66 Å². The lowest BCUT2D eigenvalue weighted by molar-refractivity contribution is -0.149. The van der Waals surface area contributed by atoms with Crippen molar-refractivity contribution in [1.82, 2.24) is 5.32 Å². The van der Waals surface area contributed by atoms with Crippen molar-refractivity contribution in [3.05, 3.63) is 71.8 Å². The van der Waals surface area contributed by atoms with Crippen LogP contribution in [0.5, 0.6) is 0 Å². The predicted octanol–water partition coefficient (Wildman–Crippen LogP) is 1.63. The smallest absolute Gasteiger partial charge is 0.359 e. The molecule has 0 fully saturated rings. The molecule has 22 heavy (non-hydrogen) atoms. The summed E-state index contributed by atoms with van der Waals surface area (Å²) < 4.78 is 4.86. The van der Waals surface area contributed by atoms with E-state index in [0.29, 0.717) is 11.1 Å². The first-order valence-corrected chi connectivity index (χ1v) is 6.79. The molecule has 0 aromatic heterocycles. The van der Waals surface area contributed by atoms with E-state index in [4.69, 9.17) is 4.74 Å². The zero-order chi connectivity index (χ0) is 15.6. The standard InChI is InChI=1S/C17H14N2O3/c1-22-16(21)17(13-10-6-3-7-11-13)18-14(15(20)19-17)12-8-4-2-5-9-12/h2-11H,1H3,(H,19,20). The van der Waals surface area contributed by atoms with E-state index < -0.39 is 17.5 Å². The maximum absolute atomic E-state index is 12.3. The Kier molecular flexibility index (Phi) is 3.47. The van der Waals surface area contributed by atoms with E-state index in [2.05, 4.69) is 10.3 Å². The fourth-order valence-electron chi connectivity index (χ4n) is 2.44. The second-order valence-electron chi connectivity index (χ2n) is 4.85. The average molecular weight is 294 g/mol. The van der Waals surface area contributed by atoms with Gasteiger partial charge in [-0.2, -0.15) is 0 Å². The van der Waals surface area contributed by atoms with Crippen LogP contribution in [0.25, 0.3) is 0 Å². The number of hydrogen-bond donors (Lipinski definition) is 1. The molecule has 110 valence electrons. The summed E-state index contributed by atoms with van der Waals surface area (Å²) in [5.41, 5.74) is -0.101. The van der Waals surface area contributed by atoms with Crippen LogP contribution >= 0.6 is 0 Å². The minimum Gasteiger partial charge on any atom is -0.466 e. The molecule has 0 aliphatic carbocycles. The Hall–Kier alpha value is -2.95. The lowest BCUT2D eigenvalue weighted by Crippen LogP contribution is -2.47. The number of esters is 1. The molecule has 1 heterocycles. The highest BCUT2D eigenvalue weighted by Crippen LogP contribution is 2.29. The first-order valence-electron chi connectivity index (χ1n) is 6.79. The number of aliphatic imine (C=N–C) groups is 1. The van der Waals surface area contributed by atoms with Gasteiger partial charge in [0.05, 0.1) is 7.11 Å². The zero-order valence-corrected chi connectivity index (χ0v) is 11.9. The second-order valence-corrected chi connectivity index (χ2v) is 4.85. The van der Waals surface area contributed by atoms with E-state index in [9.17, 15) is 9.59 Å². The van der Waals surface area contributed by atoms with Gasteiger partial charge in [-0.3, -0.25) is 4.79 Å². The number of nitrogens with zero attached hydrogens (tertiary/aromatic N) is 1. The predicted molar refractivity (Wildman–Crippen MR) is 81.3 cm³/mol. The summed E-state index contributed by atoms with van der Waals surface area (Å²) in [5, 5.41) is 2.67. The molecule has 1 amide bonds. The minimum absolute atomic E-state index is 0.217. The Morgan fingerprint density at radius 3 is 2.23 bits per heavy atom. The molecular weight excluding hydrogens is 280 g/mol. The summed E-state index contributed by atoms with van der Waals surface area (Å²) in [5.74, 6) is -1.03. The molecule has 3 rings (SSSR count). The number of carbonyl (C=O) groups excluding carboxylic acids is 2. The Balaban J connectivity index is 2.15. The number of ether oxygens (including phenoxy) is 1. The van der Waals surface area contributed by atoms with Gasteiger partial charge in [0.15, 0.2) is 0 Å². The highest BCUT2D eigenvalue weighted by Gasteiger charge is 2.48. The van der Waals surface area contributed by atoms with E-state index in [0.717, 1.165) is 0 Å². The highest BCUT2D eigenvalue weighted by atomic mass is 16.5. The van der Waals surface area contributed by atoms with Crippen LogP contribution in [-0.4, -0.2) is 24.7 Å². The SMILES string of the molecule is COC(=O)C1(c2ccccc2)N=C(c2ccccc2)C(=O)N1. The number of carbonyl (C=O) groups is 2. The average Bonchev–Trinajstić information content (AvgIpc) is 2.94. The summed E-state index contributed by atoms with van der Waals surface area (Å²) in [6, 6.07) is 17.9. The van der Waals surface area contributed by atoms with E-state index in [-0.39, 0.29) is 5.71 Å². The van der Waals surface area contributed by atoms with Crippen LogP contribution in [0.3, 0.4) is 0 Å². The van der Waals surface area contributed by atoms with Crippen molar-refractivity contribution in [3.63, 3.8) is 0 Å². The van der Waals surface area contributed by atoms with E-state index in [1.807, 2.05) is 24.3 Å². The van der Waals surface area contributed by atoms with Gasteiger partial charge in [-0.1, -0.05) is 60.7 Å². The van der Waals surface area contributed by atoms with Crippen molar-refractivity contribution in [1.29, 1.82) is 0 Å². The summed E-state index contributed by atoms with van der Waals surface area (Å²) in [6.07, 6.45) is 0. The molecule has 0 bridgehead atoms. The lowest BCUT2D eigenvalue weighted by atomic mass is 10.0. The third kappa shape index (κ3) is 2.16. The van der Waals surface area contributed by atoms with Gasteiger partial charge in [0.1, 0.15) is 5.71 Å². The molecule has 1 aliphatic rings. The van der Waals surface area contributed by atoms with Crippen LogP contribution in [0.15, 0.2) is 65.7 Å². The molecule has 1 aliphatic heterocycles. The Bertz CT molecular complexity index is 741. The van der Waals surface area contributed by atoms with Gasteiger partial charge in [-0.15, -0.1) is 0 Å². The quantitative estimate of drug-likeness (QED) is 0.875. The Morgan fingerprint density at radius 1 is 1.05 bits per heavy atom. The first kappa shape index (κ1) is 14.0. The lowest BCUT2D eigenvalue weighted by Gasteiger charge is -2.23. The molecule has 2 aromatic carbocycles. The topological polar surface area (TPSA) is 67.8 Å². The van der Waals surface area contributed by atoms with Gasteiger partial charge < -0.3 is 10.1 Å². The van der Waals surface area contributed by atoms with Gasteiger partial charge >= 0.3 is 5.97 Å². The highest BCUT2D eigenvalue weighted by molar-refractivity contribution is 6.47. The molecule has 5 heteroatoms. The monoisotopic (exact) mass is 294 g/mol. The van der Waals surface area contributed by atoms with Gasteiger partial charge in [0, 0.05) is 11.1 Å². The number of nitrogens with one attached hydrogen (secondary N) is 1. The van der Waals surface area contributed by atoms with Crippen molar-refractivity contribution >= 4 is 17.6 Å². The Morgan fingerprint density at radius 2 is 1.64 bits per heavy atom. The van der Waals surface area contributed by atoms with Crippen LogP contribution in [0.4, 0.5) is 0 Å². The molecule has 0 spiro atoms. The maximum atomic E-state index is 12.3. The molecule has 0 saturated heterocycles. The molecule has 1 atom stereocenters. The van der Waals surface area contributed by atoms with E-state index in [1.165, 1.54) is 7.11 Å². The Labute approximate surface area is 127 Å². The summed E-state index contributed by atoms with van der Waals surface area (Å²) in [4.78, 5) is 29.0. The number of methoxy groups -OCH3 is 1. The molecule has 5 nitrogen and oxygen atoms in total. The molecule has 1 N–H and O–H groups in total. The molecule has 1 unspecified atom stereocenters. The normalized spacial score (nSPS) is 20.2. The van der Waals surface area contributed by atoms with Gasteiger partial charge in [-0.25, -0.2) is 9.79 Å². The second kappa shape index (κ2) is 5.44. The van der Waals surface area contributed by atoms with Crippen LogP contribution in [-0.2, 0) is 20.0 Å². The van der Waals surface area contributed by atoms with Gasteiger partial charge in [0.25, 0.3) is 11.6 Å². The van der Waals surface area contributed by atoms with Crippen LogP contribution in [0.1, 0.15) is 11.1 Å². The van der Waals surface area contributed by atoms with Crippen molar-refractivity contribution in [2.75, 3.05) is 7.11 Å². The van der Waals surface area contributed by atoms with Crippen molar-refractivity contribution in [3.8, 4) is 0 Å². The number of rotatable bonds is 3. The maximum Gasteiger partial charge on any atom is 0.359 e. The summed E-state index contributed by atoms with van der Waals surface area (Å²) in [7, 11) is 1.27. The van der Waals surface area contributed by atoms with Crippen LogP contribution in [0.2, 0.25) is 0 Å². The third-order valence-corrected chi connectivity index (χ3v) is 3.51. The van der Waals surface area contributed by atoms with Crippen molar-refractivity contribution < 1.29 is 14.3 Å². The van der Waals surface area contributed by atoms with Gasteiger partial charge in [-0.05, 0) is 0 Å². The third-order valence-electron chi connectivity index (χ3n) is 3.51. The van der Waals surface area contributed by atoms with Crippen LogP contribution < -0.4 is 5.32 Å². The van der Waals surface area contributed by atoms with Crippen LogP contribution in [0, 0.1) is 0 Å². The first-order chi connectivity index (χ1) is 10.7. The fourth-order valence-corrected chi connectivity index (χ4v) is 2.44. The number of hydrogen-bond acceptors (Lipinski definition) is 4. The molecule has 0 radical (unpaired) electrons. The largest absolute Gasteiger partial charge is 0.466 e. The number of amides is 1. The van der Waals surface area contributed by atoms with Crippen molar-refractivity contribution in [2.24, 2.45) is 4.99 Å². The zero-order valence-electron chi connectivity index (χ0n) is 11.9. The van der Waals surface area contributed by atoms with E-state index in [1.54, 1.807) is 36.4 Å². The summed E-state index contributed by atoms with van der Waals surface area (Å²) >= 11 is 0. The molecular formula is C17H14N2O3. The van der Waals surface area contributed by atoms with Gasteiger partial charge in [0.2, 0.25) is 0 Å². The van der Waals surface area contributed by atoms with E-state index >= 15 is 0 Å². The molecule has 0 saturated carbocycles.